The van der Waals surface area contributed by atoms with Gasteiger partial charge in [-0.25, -0.2) is 13.4 Å². The Morgan fingerprint density at radius 3 is 2.56 bits per heavy atom. The van der Waals surface area contributed by atoms with E-state index in [2.05, 4.69) is 25.1 Å². The molecular formula is C25H24N2O4S. The Morgan fingerprint density at radius 2 is 1.81 bits per heavy atom. The molecule has 4 aromatic rings. The predicted octanol–water partition coefficient (Wildman–Crippen LogP) is 5.34. The van der Waals surface area contributed by atoms with Gasteiger partial charge in [0.05, 0.1) is 12.0 Å². The van der Waals surface area contributed by atoms with E-state index in [0.717, 1.165) is 23.1 Å². The highest BCUT2D eigenvalue weighted by molar-refractivity contribution is 7.89. The molecule has 0 spiro atoms. The second-order valence-corrected chi connectivity index (χ2v) is 9.94. The SMILES string of the molecule is COc1ccc(S(=O)(=O)N2CCC[C@H]2c2nc3cc(-c4cccc(C)c4)ccc3o2)cc1. The van der Waals surface area contributed by atoms with Gasteiger partial charge in [-0.3, -0.25) is 0 Å². The van der Waals surface area contributed by atoms with E-state index in [0.29, 0.717) is 30.2 Å². The van der Waals surface area contributed by atoms with Crippen LogP contribution in [0.3, 0.4) is 0 Å². The van der Waals surface area contributed by atoms with Crippen molar-refractivity contribution in [2.24, 2.45) is 0 Å². The zero-order valence-corrected chi connectivity index (χ0v) is 18.8. The lowest BCUT2D eigenvalue weighted by atomic mass is 10.0. The zero-order chi connectivity index (χ0) is 22.3. The van der Waals surface area contributed by atoms with Gasteiger partial charge in [0.1, 0.15) is 17.3 Å². The Balaban J connectivity index is 1.48. The fourth-order valence-corrected chi connectivity index (χ4v) is 5.90. The van der Waals surface area contributed by atoms with Gasteiger partial charge in [0.25, 0.3) is 0 Å². The number of benzene rings is 3. The molecule has 7 heteroatoms. The van der Waals surface area contributed by atoms with Crippen LogP contribution in [0.2, 0.25) is 0 Å². The maximum absolute atomic E-state index is 13.3. The molecule has 32 heavy (non-hydrogen) atoms. The van der Waals surface area contributed by atoms with Crippen molar-refractivity contribution in [2.45, 2.75) is 30.7 Å². The Morgan fingerprint density at radius 1 is 1.03 bits per heavy atom. The summed E-state index contributed by atoms with van der Waals surface area (Å²) in [5.74, 6) is 1.06. The minimum atomic E-state index is -3.68. The maximum Gasteiger partial charge on any atom is 0.243 e. The third kappa shape index (κ3) is 3.67. The standard InChI is InChI=1S/C25H24N2O4S/c1-17-5-3-6-18(15-17)19-8-13-24-22(16-19)26-25(31-24)23-7-4-14-27(23)32(28,29)21-11-9-20(30-2)10-12-21/h3,5-6,8-13,15-16,23H,4,7,14H2,1-2H3/t23-/m0/s1. The van der Waals surface area contributed by atoms with Crippen LogP contribution in [0, 0.1) is 6.92 Å². The molecule has 1 aliphatic heterocycles. The summed E-state index contributed by atoms with van der Waals surface area (Å²) in [6.07, 6.45) is 1.43. The number of methoxy groups -OCH3 is 1. The summed E-state index contributed by atoms with van der Waals surface area (Å²) < 4.78 is 39.3. The predicted molar refractivity (Wildman–Crippen MR) is 123 cm³/mol. The van der Waals surface area contributed by atoms with E-state index in [-0.39, 0.29) is 4.90 Å². The van der Waals surface area contributed by atoms with Gasteiger partial charge in [0.2, 0.25) is 15.9 Å². The first kappa shape index (κ1) is 20.7. The number of hydrogen-bond acceptors (Lipinski definition) is 5. The number of aromatic nitrogens is 1. The van der Waals surface area contributed by atoms with E-state index >= 15 is 0 Å². The highest BCUT2D eigenvalue weighted by atomic mass is 32.2. The van der Waals surface area contributed by atoms with Crippen molar-refractivity contribution < 1.29 is 17.6 Å². The summed E-state index contributed by atoms with van der Waals surface area (Å²) in [7, 11) is -2.12. The number of ether oxygens (including phenoxy) is 1. The van der Waals surface area contributed by atoms with Crippen LogP contribution in [0.1, 0.15) is 30.3 Å². The molecule has 164 valence electrons. The van der Waals surface area contributed by atoms with Crippen molar-refractivity contribution in [3.05, 3.63) is 78.2 Å². The lowest BCUT2D eigenvalue weighted by Gasteiger charge is -2.21. The lowest BCUT2D eigenvalue weighted by Crippen LogP contribution is -2.30. The number of sulfonamides is 1. The van der Waals surface area contributed by atoms with Gasteiger partial charge in [0, 0.05) is 6.54 Å². The third-order valence-electron chi connectivity index (χ3n) is 5.91. The summed E-state index contributed by atoms with van der Waals surface area (Å²) in [6, 6.07) is 20.2. The molecule has 1 aliphatic rings. The van der Waals surface area contributed by atoms with Gasteiger partial charge in [0.15, 0.2) is 5.58 Å². The van der Waals surface area contributed by atoms with Crippen LogP contribution in [-0.4, -0.2) is 31.4 Å². The third-order valence-corrected chi connectivity index (χ3v) is 7.83. The second-order valence-electron chi connectivity index (χ2n) is 8.05. The number of hydrogen-bond donors (Lipinski definition) is 0. The van der Waals surface area contributed by atoms with E-state index in [9.17, 15) is 8.42 Å². The molecular weight excluding hydrogens is 424 g/mol. The smallest absolute Gasteiger partial charge is 0.243 e. The molecule has 0 amide bonds. The number of fused-ring (bicyclic) bond motifs is 1. The Hall–Kier alpha value is -3.16. The first-order chi connectivity index (χ1) is 15.5. The summed E-state index contributed by atoms with van der Waals surface area (Å²) in [4.78, 5) is 4.93. The molecule has 0 radical (unpaired) electrons. The van der Waals surface area contributed by atoms with Crippen molar-refractivity contribution in [1.29, 1.82) is 0 Å². The summed E-state index contributed by atoms with van der Waals surface area (Å²) in [6.45, 7) is 2.50. The Kier molecular flexibility index (Phi) is 5.23. The molecule has 0 aliphatic carbocycles. The normalized spacial score (nSPS) is 17.1. The number of oxazole rings is 1. The number of nitrogens with zero attached hydrogens (tertiary/aromatic N) is 2. The Labute approximate surface area is 187 Å². The number of aryl methyl sites for hydroxylation is 1. The van der Waals surface area contributed by atoms with Crippen LogP contribution in [0.5, 0.6) is 5.75 Å². The van der Waals surface area contributed by atoms with Crippen LogP contribution in [0.4, 0.5) is 0 Å². The van der Waals surface area contributed by atoms with Gasteiger partial charge in [-0.1, -0.05) is 35.9 Å². The molecule has 3 aromatic carbocycles. The molecule has 1 saturated heterocycles. The summed E-state index contributed by atoms with van der Waals surface area (Å²) in [5, 5.41) is 0. The van der Waals surface area contributed by atoms with Gasteiger partial charge in [-0.05, 0) is 67.3 Å². The van der Waals surface area contributed by atoms with Gasteiger partial charge in [-0.2, -0.15) is 4.31 Å². The molecule has 0 bridgehead atoms. The van der Waals surface area contributed by atoms with Crippen LogP contribution in [-0.2, 0) is 10.0 Å². The maximum atomic E-state index is 13.3. The minimum Gasteiger partial charge on any atom is -0.497 e. The fraction of sp³-hybridized carbons (Fsp3) is 0.240. The van der Waals surface area contributed by atoms with Crippen molar-refractivity contribution in [1.82, 2.24) is 9.29 Å². The molecule has 0 N–H and O–H groups in total. The number of rotatable bonds is 5. The van der Waals surface area contributed by atoms with Crippen molar-refractivity contribution in [2.75, 3.05) is 13.7 Å². The highest BCUT2D eigenvalue weighted by Gasteiger charge is 2.39. The molecule has 0 saturated carbocycles. The van der Waals surface area contributed by atoms with Crippen molar-refractivity contribution in [3.8, 4) is 16.9 Å². The van der Waals surface area contributed by atoms with Gasteiger partial charge >= 0.3 is 0 Å². The molecule has 0 unspecified atom stereocenters. The van der Waals surface area contributed by atoms with E-state index < -0.39 is 16.1 Å². The van der Waals surface area contributed by atoms with Crippen molar-refractivity contribution in [3.63, 3.8) is 0 Å². The first-order valence-electron chi connectivity index (χ1n) is 10.6. The summed E-state index contributed by atoms with van der Waals surface area (Å²) >= 11 is 0. The second kappa shape index (κ2) is 8.07. The molecule has 1 aromatic heterocycles. The van der Waals surface area contributed by atoms with E-state index in [4.69, 9.17) is 14.1 Å². The minimum absolute atomic E-state index is 0.239. The highest BCUT2D eigenvalue weighted by Crippen LogP contribution is 2.38. The largest absolute Gasteiger partial charge is 0.497 e. The van der Waals surface area contributed by atoms with Crippen LogP contribution in [0.15, 0.2) is 76.0 Å². The molecule has 1 fully saturated rings. The average molecular weight is 449 g/mol. The topological polar surface area (TPSA) is 72.6 Å². The van der Waals surface area contributed by atoms with Crippen molar-refractivity contribution >= 4 is 21.1 Å². The molecule has 2 heterocycles. The average Bonchev–Trinajstić information content (AvgIpc) is 3.46. The van der Waals surface area contributed by atoms with Gasteiger partial charge < -0.3 is 9.15 Å². The molecule has 1 atom stereocenters. The van der Waals surface area contributed by atoms with E-state index in [1.807, 2.05) is 24.3 Å². The van der Waals surface area contributed by atoms with Crippen LogP contribution in [0.25, 0.3) is 22.2 Å². The van der Waals surface area contributed by atoms with E-state index in [1.54, 1.807) is 31.4 Å². The zero-order valence-electron chi connectivity index (χ0n) is 18.0. The molecule has 5 rings (SSSR count). The lowest BCUT2D eigenvalue weighted by molar-refractivity contribution is 0.337. The van der Waals surface area contributed by atoms with Crippen LogP contribution >= 0.6 is 0 Å². The van der Waals surface area contributed by atoms with Crippen LogP contribution < -0.4 is 4.74 Å². The fourth-order valence-electron chi connectivity index (χ4n) is 4.25. The van der Waals surface area contributed by atoms with E-state index in [1.165, 1.54) is 9.87 Å². The quantitative estimate of drug-likeness (QED) is 0.412. The Bertz CT molecular complexity index is 1380. The first-order valence-corrected chi connectivity index (χ1v) is 12.0. The van der Waals surface area contributed by atoms with Gasteiger partial charge in [-0.15, -0.1) is 0 Å². The summed E-state index contributed by atoms with van der Waals surface area (Å²) in [5.41, 5.74) is 4.74. The molecule has 6 nitrogen and oxygen atoms in total. The monoisotopic (exact) mass is 448 g/mol.